The van der Waals surface area contributed by atoms with Crippen molar-refractivity contribution in [3.63, 3.8) is 0 Å². The highest BCUT2D eigenvalue weighted by Crippen LogP contribution is 2.19. The predicted molar refractivity (Wildman–Crippen MR) is 73.1 cm³/mol. The fraction of sp³-hybridized carbons (Fsp3) is 0.692. The van der Waals surface area contributed by atoms with Gasteiger partial charge >= 0.3 is 6.03 Å². The van der Waals surface area contributed by atoms with Crippen LogP contribution < -0.4 is 10.6 Å². The Kier molecular flexibility index (Phi) is 5.82. The fourth-order valence-corrected chi connectivity index (χ4v) is 1.82. The molecule has 0 aliphatic rings. The van der Waals surface area contributed by atoms with Gasteiger partial charge < -0.3 is 20.3 Å². The molecule has 1 unspecified atom stereocenters. The van der Waals surface area contributed by atoms with E-state index in [4.69, 9.17) is 4.52 Å². The summed E-state index contributed by atoms with van der Waals surface area (Å²) in [6.07, 6.45) is 0.815. The predicted octanol–water partition coefficient (Wildman–Crippen LogP) is 2.07. The van der Waals surface area contributed by atoms with E-state index in [-0.39, 0.29) is 12.6 Å². The zero-order chi connectivity index (χ0) is 14.4. The zero-order valence-corrected chi connectivity index (χ0v) is 12.0. The van der Waals surface area contributed by atoms with Crippen LogP contribution in [-0.2, 0) is 6.42 Å². The second kappa shape index (κ2) is 7.13. The number of nitrogens with zero attached hydrogens (tertiary/aromatic N) is 1. The molecular weight excluding hydrogens is 246 g/mol. The van der Waals surface area contributed by atoms with Crippen LogP contribution in [0.1, 0.15) is 38.6 Å². The molecule has 0 saturated heterocycles. The number of carbonyl (C=O) groups is 1. The number of urea groups is 1. The molecule has 1 rings (SSSR count). The van der Waals surface area contributed by atoms with E-state index in [1.807, 2.05) is 20.8 Å². The quantitative estimate of drug-likeness (QED) is 0.737. The molecular formula is C13H23N3O3. The van der Waals surface area contributed by atoms with Crippen molar-refractivity contribution in [3.8, 4) is 0 Å². The number of hydrogen-bond acceptors (Lipinski definition) is 4. The van der Waals surface area contributed by atoms with E-state index in [1.165, 1.54) is 0 Å². The number of aromatic nitrogens is 1. The van der Waals surface area contributed by atoms with Gasteiger partial charge in [-0.1, -0.05) is 25.9 Å². The molecule has 19 heavy (non-hydrogen) atoms. The number of carbonyl (C=O) groups excluding carboxylic acids is 1. The number of amides is 2. The molecule has 1 heterocycles. The lowest BCUT2D eigenvalue weighted by Gasteiger charge is -2.14. The third kappa shape index (κ3) is 4.90. The highest BCUT2D eigenvalue weighted by atomic mass is 16.5. The summed E-state index contributed by atoms with van der Waals surface area (Å²) in [5.74, 6) is 0.974. The summed E-state index contributed by atoms with van der Waals surface area (Å²) in [5, 5.41) is 18.9. The lowest BCUT2D eigenvalue weighted by Crippen LogP contribution is -2.36. The van der Waals surface area contributed by atoms with Crippen LogP contribution in [0.5, 0.6) is 0 Å². The lowest BCUT2D eigenvalue weighted by molar-refractivity contribution is 0.148. The molecule has 0 bridgehead atoms. The minimum Gasteiger partial charge on any atom is -0.391 e. The van der Waals surface area contributed by atoms with Crippen molar-refractivity contribution in [2.75, 3.05) is 11.9 Å². The van der Waals surface area contributed by atoms with Gasteiger partial charge in [-0.3, -0.25) is 0 Å². The van der Waals surface area contributed by atoms with E-state index in [9.17, 15) is 9.90 Å². The van der Waals surface area contributed by atoms with E-state index < -0.39 is 6.10 Å². The molecule has 3 N–H and O–H groups in total. The Hall–Kier alpha value is -1.56. The van der Waals surface area contributed by atoms with Gasteiger partial charge in [0.25, 0.3) is 0 Å². The first-order valence-electron chi connectivity index (χ1n) is 6.62. The van der Waals surface area contributed by atoms with Crippen LogP contribution in [0.25, 0.3) is 0 Å². The molecule has 108 valence electrons. The van der Waals surface area contributed by atoms with Crippen LogP contribution in [0.4, 0.5) is 10.5 Å². The van der Waals surface area contributed by atoms with Gasteiger partial charge in [-0.15, -0.1) is 0 Å². The van der Waals surface area contributed by atoms with Gasteiger partial charge in [0.2, 0.25) is 0 Å². The number of aliphatic hydroxyl groups excluding tert-OH is 1. The third-order valence-corrected chi connectivity index (χ3v) is 2.75. The van der Waals surface area contributed by atoms with Crippen LogP contribution in [0.2, 0.25) is 0 Å². The maximum atomic E-state index is 11.7. The van der Waals surface area contributed by atoms with Crippen molar-refractivity contribution in [2.24, 2.45) is 5.92 Å². The summed E-state index contributed by atoms with van der Waals surface area (Å²) in [6, 6.07) is -0.358. The molecule has 0 aromatic carbocycles. The van der Waals surface area contributed by atoms with Crippen LogP contribution in [-0.4, -0.2) is 28.9 Å². The largest absolute Gasteiger partial charge is 0.391 e. The van der Waals surface area contributed by atoms with Gasteiger partial charge in [-0.25, -0.2) is 4.79 Å². The summed E-state index contributed by atoms with van der Waals surface area (Å²) >= 11 is 0. The SMILES string of the molecule is CCc1noc(C)c1NC(=O)NCC(O)CC(C)C. The number of aryl methyl sites for hydroxylation is 2. The summed E-state index contributed by atoms with van der Waals surface area (Å²) in [4.78, 5) is 11.7. The van der Waals surface area contributed by atoms with Gasteiger partial charge in [-0.2, -0.15) is 0 Å². The van der Waals surface area contributed by atoms with Gasteiger partial charge in [-0.05, 0) is 25.7 Å². The minimum absolute atomic E-state index is 0.232. The first-order chi connectivity index (χ1) is 8.93. The van der Waals surface area contributed by atoms with Gasteiger partial charge in [0.05, 0.1) is 6.10 Å². The average molecular weight is 269 g/mol. The second-order valence-electron chi connectivity index (χ2n) is 5.03. The van der Waals surface area contributed by atoms with Crippen LogP contribution >= 0.6 is 0 Å². The molecule has 1 atom stereocenters. The molecule has 1 aromatic heterocycles. The Bertz CT molecular complexity index is 415. The number of rotatable bonds is 6. The molecule has 0 saturated carbocycles. The number of aliphatic hydroxyl groups is 1. The summed E-state index contributed by atoms with van der Waals surface area (Å²) < 4.78 is 5.02. The normalized spacial score (nSPS) is 12.5. The summed E-state index contributed by atoms with van der Waals surface area (Å²) in [5.41, 5.74) is 1.33. The molecule has 6 heteroatoms. The van der Waals surface area contributed by atoms with Crippen LogP contribution in [0.15, 0.2) is 4.52 Å². The van der Waals surface area contributed by atoms with Crippen molar-refractivity contribution in [2.45, 2.75) is 46.6 Å². The Morgan fingerprint density at radius 3 is 2.74 bits per heavy atom. The van der Waals surface area contributed by atoms with Crippen molar-refractivity contribution >= 4 is 11.7 Å². The topological polar surface area (TPSA) is 87.4 Å². The summed E-state index contributed by atoms with van der Waals surface area (Å²) in [6.45, 7) is 7.96. The number of anilines is 1. The minimum atomic E-state index is -0.528. The monoisotopic (exact) mass is 269 g/mol. The maximum Gasteiger partial charge on any atom is 0.319 e. The number of hydrogen-bond donors (Lipinski definition) is 3. The molecule has 0 radical (unpaired) electrons. The van der Waals surface area contributed by atoms with Crippen molar-refractivity contribution in [1.29, 1.82) is 0 Å². The molecule has 0 fully saturated rings. The van der Waals surface area contributed by atoms with Crippen LogP contribution in [0, 0.1) is 12.8 Å². The smallest absolute Gasteiger partial charge is 0.319 e. The first-order valence-corrected chi connectivity index (χ1v) is 6.62. The van der Waals surface area contributed by atoms with E-state index in [1.54, 1.807) is 6.92 Å². The molecule has 0 aliphatic heterocycles. The fourth-order valence-electron chi connectivity index (χ4n) is 1.82. The van der Waals surface area contributed by atoms with E-state index in [2.05, 4.69) is 15.8 Å². The van der Waals surface area contributed by atoms with Crippen LogP contribution in [0.3, 0.4) is 0 Å². The lowest BCUT2D eigenvalue weighted by atomic mass is 10.1. The van der Waals surface area contributed by atoms with Gasteiger partial charge in [0, 0.05) is 6.54 Å². The molecule has 6 nitrogen and oxygen atoms in total. The first kappa shape index (κ1) is 15.5. The van der Waals surface area contributed by atoms with Crippen molar-refractivity contribution < 1.29 is 14.4 Å². The standard InChI is InChI=1S/C13H23N3O3/c1-5-11-12(9(4)19-16-11)15-13(18)14-7-10(17)6-8(2)3/h8,10,17H,5-7H2,1-4H3,(H2,14,15,18). The van der Waals surface area contributed by atoms with E-state index in [0.717, 1.165) is 5.69 Å². The summed E-state index contributed by atoms with van der Waals surface area (Å²) in [7, 11) is 0. The molecule has 2 amide bonds. The Morgan fingerprint density at radius 1 is 1.47 bits per heavy atom. The van der Waals surface area contributed by atoms with Gasteiger partial charge in [0.1, 0.15) is 11.4 Å². The third-order valence-electron chi connectivity index (χ3n) is 2.75. The van der Waals surface area contributed by atoms with Gasteiger partial charge in [0.15, 0.2) is 5.76 Å². The number of nitrogens with one attached hydrogen (secondary N) is 2. The average Bonchev–Trinajstić information content (AvgIpc) is 2.67. The van der Waals surface area contributed by atoms with Crippen molar-refractivity contribution in [1.82, 2.24) is 10.5 Å². The highest BCUT2D eigenvalue weighted by Gasteiger charge is 2.15. The second-order valence-corrected chi connectivity index (χ2v) is 5.03. The van der Waals surface area contributed by atoms with Crippen molar-refractivity contribution in [3.05, 3.63) is 11.5 Å². The van der Waals surface area contributed by atoms with E-state index in [0.29, 0.717) is 30.2 Å². The Labute approximate surface area is 113 Å². The molecule has 0 spiro atoms. The highest BCUT2D eigenvalue weighted by molar-refractivity contribution is 5.90. The zero-order valence-electron chi connectivity index (χ0n) is 12.0. The maximum absolute atomic E-state index is 11.7. The van der Waals surface area contributed by atoms with E-state index >= 15 is 0 Å². The molecule has 1 aromatic rings. The Balaban J connectivity index is 2.45. The molecule has 0 aliphatic carbocycles. The Morgan fingerprint density at radius 2 is 2.16 bits per heavy atom.